The molecule has 1 aliphatic rings. The number of amides is 2. The van der Waals surface area contributed by atoms with E-state index in [1.165, 1.54) is 4.90 Å². The van der Waals surface area contributed by atoms with E-state index in [9.17, 15) is 9.59 Å². The third-order valence-electron chi connectivity index (χ3n) is 3.28. The predicted molar refractivity (Wildman–Crippen MR) is 80.5 cm³/mol. The van der Waals surface area contributed by atoms with E-state index in [4.69, 9.17) is 5.73 Å². The molecule has 2 amide bonds. The second kappa shape index (κ2) is 4.76. The summed E-state index contributed by atoms with van der Waals surface area (Å²) in [5, 5.41) is 0. The lowest BCUT2D eigenvalue weighted by atomic mass is 9.98. The lowest BCUT2D eigenvalue weighted by Crippen LogP contribution is -2.42. The standard InChI is InChI=1S/C15H11BrN2O2/c16-12-6-5-10(8-13(12)17)18-14(19)7-9-3-1-2-4-11(9)15(18)20/h1-6,8H,7,17H2. The van der Waals surface area contributed by atoms with Gasteiger partial charge in [-0.05, 0) is 45.8 Å². The van der Waals surface area contributed by atoms with Crippen molar-refractivity contribution in [2.24, 2.45) is 0 Å². The Morgan fingerprint density at radius 3 is 2.60 bits per heavy atom. The minimum absolute atomic E-state index is 0.220. The molecular formula is C15H11BrN2O2. The quantitative estimate of drug-likeness (QED) is 0.646. The van der Waals surface area contributed by atoms with Gasteiger partial charge in [0.1, 0.15) is 0 Å². The monoisotopic (exact) mass is 330 g/mol. The highest BCUT2D eigenvalue weighted by Gasteiger charge is 2.31. The summed E-state index contributed by atoms with van der Waals surface area (Å²) in [4.78, 5) is 25.9. The molecule has 2 aromatic carbocycles. The average molecular weight is 331 g/mol. The van der Waals surface area contributed by atoms with Gasteiger partial charge in [0.15, 0.2) is 0 Å². The van der Waals surface area contributed by atoms with Crippen LogP contribution in [0.2, 0.25) is 0 Å². The number of carbonyl (C=O) groups is 2. The van der Waals surface area contributed by atoms with Gasteiger partial charge in [-0.15, -0.1) is 0 Å². The van der Waals surface area contributed by atoms with Crippen molar-refractivity contribution in [3.8, 4) is 0 Å². The highest BCUT2D eigenvalue weighted by molar-refractivity contribution is 9.10. The van der Waals surface area contributed by atoms with Gasteiger partial charge in [-0.3, -0.25) is 9.59 Å². The van der Waals surface area contributed by atoms with Crippen LogP contribution >= 0.6 is 15.9 Å². The largest absolute Gasteiger partial charge is 0.398 e. The van der Waals surface area contributed by atoms with Crippen LogP contribution in [0, 0.1) is 0 Å². The van der Waals surface area contributed by atoms with E-state index in [0.29, 0.717) is 16.9 Å². The number of hydrogen-bond donors (Lipinski definition) is 1. The van der Waals surface area contributed by atoms with Crippen LogP contribution in [-0.4, -0.2) is 11.8 Å². The molecule has 0 unspecified atom stereocenters. The number of carbonyl (C=O) groups excluding carboxylic acids is 2. The number of benzene rings is 2. The minimum atomic E-state index is -0.307. The molecule has 4 nitrogen and oxygen atoms in total. The fourth-order valence-electron chi connectivity index (χ4n) is 2.29. The first-order valence-corrected chi connectivity index (χ1v) is 6.87. The van der Waals surface area contributed by atoms with Crippen LogP contribution in [-0.2, 0) is 11.2 Å². The fourth-order valence-corrected chi connectivity index (χ4v) is 2.54. The Balaban J connectivity index is 2.08. The van der Waals surface area contributed by atoms with Crippen LogP contribution in [0.3, 0.4) is 0 Å². The molecule has 0 saturated carbocycles. The normalized spacial score (nSPS) is 14.3. The summed E-state index contributed by atoms with van der Waals surface area (Å²) in [7, 11) is 0. The number of hydrogen-bond acceptors (Lipinski definition) is 3. The number of anilines is 2. The highest BCUT2D eigenvalue weighted by atomic mass is 79.9. The molecule has 20 heavy (non-hydrogen) atoms. The maximum Gasteiger partial charge on any atom is 0.265 e. The van der Waals surface area contributed by atoms with Crippen molar-refractivity contribution in [3.05, 3.63) is 58.1 Å². The van der Waals surface area contributed by atoms with E-state index >= 15 is 0 Å². The summed E-state index contributed by atoms with van der Waals surface area (Å²) >= 11 is 3.30. The zero-order valence-corrected chi connectivity index (χ0v) is 12.1. The van der Waals surface area contributed by atoms with Gasteiger partial charge in [-0.2, -0.15) is 0 Å². The molecule has 0 spiro atoms. The zero-order chi connectivity index (χ0) is 14.3. The Labute approximate surface area is 124 Å². The maximum absolute atomic E-state index is 12.5. The summed E-state index contributed by atoms with van der Waals surface area (Å²) in [5.41, 5.74) is 8.13. The SMILES string of the molecule is Nc1cc(N2C(=O)Cc3ccccc3C2=O)ccc1Br. The molecule has 1 aliphatic heterocycles. The van der Waals surface area contributed by atoms with Crippen LogP contribution in [0.4, 0.5) is 11.4 Å². The maximum atomic E-state index is 12.5. The number of halogens is 1. The summed E-state index contributed by atoms with van der Waals surface area (Å²) < 4.78 is 0.735. The predicted octanol–water partition coefficient (Wildman–Crippen LogP) is 2.76. The third-order valence-corrected chi connectivity index (χ3v) is 4.00. The first-order valence-electron chi connectivity index (χ1n) is 6.08. The molecule has 0 bridgehead atoms. The van der Waals surface area contributed by atoms with Gasteiger partial charge in [-0.25, -0.2) is 4.90 Å². The van der Waals surface area contributed by atoms with Gasteiger partial charge in [0, 0.05) is 15.7 Å². The molecular weight excluding hydrogens is 320 g/mol. The molecule has 5 heteroatoms. The van der Waals surface area contributed by atoms with Crippen molar-refractivity contribution in [1.82, 2.24) is 0 Å². The van der Waals surface area contributed by atoms with Crippen LogP contribution in [0.1, 0.15) is 15.9 Å². The van der Waals surface area contributed by atoms with E-state index in [1.807, 2.05) is 6.07 Å². The number of fused-ring (bicyclic) bond motifs is 1. The van der Waals surface area contributed by atoms with Gasteiger partial charge in [0.25, 0.3) is 5.91 Å². The molecule has 2 N–H and O–H groups in total. The van der Waals surface area contributed by atoms with Crippen LogP contribution in [0.25, 0.3) is 0 Å². The molecule has 0 radical (unpaired) electrons. The van der Waals surface area contributed by atoms with Gasteiger partial charge < -0.3 is 5.73 Å². The van der Waals surface area contributed by atoms with Crippen molar-refractivity contribution < 1.29 is 9.59 Å². The summed E-state index contributed by atoms with van der Waals surface area (Å²) in [6.45, 7) is 0. The Hall–Kier alpha value is -2.14. The Morgan fingerprint density at radius 2 is 1.85 bits per heavy atom. The number of nitrogen functional groups attached to an aromatic ring is 1. The van der Waals surface area contributed by atoms with Crippen molar-refractivity contribution in [3.63, 3.8) is 0 Å². The molecule has 100 valence electrons. The Bertz CT molecular complexity index is 728. The molecule has 0 aliphatic carbocycles. The molecule has 3 rings (SSSR count). The van der Waals surface area contributed by atoms with Crippen LogP contribution in [0.5, 0.6) is 0 Å². The second-order valence-corrected chi connectivity index (χ2v) is 5.43. The first kappa shape index (κ1) is 12.9. The van der Waals surface area contributed by atoms with E-state index in [-0.39, 0.29) is 18.2 Å². The summed E-state index contributed by atoms with van der Waals surface area (Å²) in [6, 6.07) is 12.2. The van der Waals surface area contributed by atoms with Crippen molar-refractivity contribution in [1.29, 1.82) is 0 Å². The highest BCUT2D eigenvalue weighted by Crippen LogP contribution is 2.29. The number of nitrogens with zero attached hydrogens (tertiary/aromatic N) is 1. The van der Waals surface area contributed by atoms with E-state index < -0.39 is 0 Å². The summed E-state index contributed by atoms with van der Waals surface area (Å²) in [6.07, 6.45) is 0.220. The van der Waals surface area contributed by atoms with E-state index in [1.54, 1.807) is 36.4 Å². The van der Waals surface area contributed by atoms with Crippen LogP contribution in [0.15, 0.2) is 46.9 Å². The Kier molecular flexibility index (Phi) is 3.06. The van der Waals surface area contributed by atoms with Gasteiger partial charge in [0.2, 0.25) is 5.91 Å². The third kappa shape index (κ3) is 2.00. The van der Waals surface area contributed by atoms with Gasteiger partial charge in [-0.1, -0.05) is 18.2 Å². The minimum Gasteiger partial charge on any atom is -0.398 e. The number of imide groups is 1. The second-order valence-electron chi connectivity index (χ2n) is 4.57. The number of nitrogens with two attached hydrogens (primary N) is 1. The smallest absolute Gasteiger partial charge is 0.265 e. The lowest BCUT2D eigenvalue weighted by Gasteiger charge is -2.27. The molecule has 0 fully saturated rings. The zero-order valence-electron chi connectivity index (χ0n) is 10.5. The van der Waals surface area contributed by atoms with E-state index in [0.717, 1.165) is 10.0 Å². The summed E-state index contributed by atoms with van der Waals surface area (Å²) in [5.74, 6) is -0.547. The lowest BCUT2D eigenvalue weighted by molar-refractivity contribution is -0.117. The molecule has 0 atom stereocenters. The van der Waals surface area contributed by atoms with Crippen molar-refractivity contribution in [2.45, 2.75) is 6.42 Å². The Morgan fingerprint density at radius 1 is 1.10 bits per heavy atom. The first-order chi connectivity index (χ1) is 9.58. The van der Waals surface area contributed by atoms with Gasteiger partial charge in [0.05, 0.1) is 12.1 Å². The van der Waals surface area contributed by atoms with Gasteiger partial charge >= 0.3 is 0 Å². The van der Waals surface area contributed by atoms with Crippen molar-refractivity contribution >= 4 is 39.1 Å². The molecule has 0 aromatic heterocycles. The topological polar surface area (TPSA) is 63.4 Å². The van der Waals surface area contributed by atoms with Crippen molar-refractivity contribution in [2.75, 3.05) is 10.6 Å². The molecule has 1 heterocycles. The van der Waals surface area contributed by atoms with Crippen LogP contribution < -0.4 is 10.6 Å². The number of rotatable bonds is 1. The fraction of sp³-hybridized carbons (Fsp3) is 0.0667. The molecule has 2 aromatic rings. The van der Waals surface area contributed by atoms with E-state index in [2.05, 4.69) is 15.9 Å². The molecule has 0 saturated heterocycles. The average Bonchev–Trinajstić information content (AvgIpc) is 2.43.